The summed E-state index contributed by atoms with van der Waals surface area (Å²) >= 11 is 0. The Bertz CT molecular complexity index is 605. The molecule has 0 aliphatic heterocycles. The maximum Gasteiger partial charge on any atom is 0.337 e. The lowest BCUT2D eigenvalue weighted by Crippen LogP contribution is -2.34. The molecule has 0 heterocycles. The van der Waals surface area contributed by atoms with Crippen molar-refractivity contribution in [2.45, 2.75) is 12.8 Å². The van der Waals surface area contributed by atoms with Gasteiger partial charge in [-0.25, -0.2) is 4.79 Å². The molecule has 1 aliphatic rings. The normalized spacial score (nSPS) is 20.2. The van der Waals surface area contributed by atoms with Crippen LogP contribution in [0.4, 0.5) is 5.69 Å². The third-order valence-corrected chi connectivity index (χ3v) is 3.66. The highest BCUT2D eigenvalue weighted by molar-refractivity contribution is 5.96. The van der Waals surface area contributed by atoms with Crippen molar-refractivity contribution in [1.29, 1.82) is 0 Å². The van der Waals surface area contributed by atoms with Gasteiger partial charge in [-0.05, 0) is 37.1 Å². The fourth-order valence-corrected chi connectivity index (χ4v) is 2.42. The fraction of sp³-hybridized carbons (Fsp3) is 0.312. The molecule has 22 heavy (non-hydrogen) atoms. The summed E-state index contributed by atoms with van der Waals surface area (Å²) in [5.74, 6) is -3.06. The van der Waals surface area contributed by atoms with Crippen molar-refractivity contribution in [2.75, 3.05) is 12.4 Å². The minimum Gasteiger partial charge on any atom is -0.481 e. The number of nitrogens with one attached hydrogen (secondary N) is 1. The van der Waals surface area contributed by atoms with Crippen LogP contribution in [0.2, 0.25) is 0 Å². The molecular weight excluding hydrogens is 286 g/mol. The summed E-state index contributed by atoms with van der Waals surface area (Å²) in [5, 5.41) is 11.9. The molecule has 0 bridgehead atoms. The van der Waals surface area contributed by atoms with Gasteiger partial charge in [0.1, 0.15) is 0 Å². The van der Waals surface area contributed by atoms with Crippen LogP contribution in [0.15, 0.2) is 36.4 Å². The first kappa shape index (κ1) is 15.8. The average molecular weight is 303 g/mol. The number of carboxylic acid groups (broad SMARTS) is 1. The van der Waals surface area contributed by atoms with E-state index in [9.17, 15) is 19.5 Å². The van der Waals surface area contributed by atoms with E-state index in [4.69, 9.17) is 0 Å². The Morgan fingerprint density at radius 2 is 1.68 bits per heavy atom. The minimum absolute atomic E-state index is 0.331. The molecule has 1 aromatic rings. The molecule has 2 N–H and O–H groups in total. The van der Waals surface area contributed by atoms with Crippen LogP contribution in [0, 0.1) is 11.8 Å². The first-order valence-corrected chi connectivity index (χ1v) is 6.90. The first-order chi connectivity index (χ1) is 10.5. The number of amides is 1. The molecule has 0 radical (unpaired) electrons. The van der Waals surface area contributed by atoms with Crippen molar-refractivity contribution < 1.29 is 24.2 Å². The molecular formula is C16H17NO5. The number of carboxylic acids is 1. The third kappa shape index (κ3) is 3.52. The highest BCUT2D eigenvalue weighted by Gasteiger charge is 2.33. The number of methoxy groups -OCH3 is 1. The molecule has 2 rings (SSSR count). The zero-order valence-electron chi connectivity index (χ0n) is 12.1. The van der Waals surface area contributed by atoms with Gasteiger partial charge in [0.2, 0.25) is 5.91 Å². The van der Waals surface area contributed by atoms with Crippen LogP contribution in [0.25, 0.3) is 0 Å². The van der Waals surface area contributed by atoms with Crippen molar-refractivity contribution in [2.24, 2.45) is 11.8 Å². The molecule has 6 nitrogen and oxygen atoms in total. The Kier molecular flexibility index (Phi) is 4.93. The highest BCUT2D eigenvalue weighted by Crippen LogP contribution is 2.27. The van der Waals surface area contributed by atoms with E-state index >= 15 is 0 Å². The number of carbonyl (C=O) groups excluding carboxylic acids is 2. The predicted octanol–water partition coefficient (Wildman–Crippen LogP) is 2.08. The molecule has 0 spiro atoms. The number of hydrogen-bond donors (Lipinski definition) is 2. The highest BCUT2D eigenvalue weighted by atomic mass is 16.5. The van der Waals surface area contributed by atoms with Crippen LogP contribution in [0.1, 0.15) is 23.2 Å². The molecule has 0 fully saturated rings. The summed E-state index contributed by atoms with van der Waals surface area (Å²) in [6, 6.07) is 6.24. The molecule has 2 atom stereocenters. The summed E-state index contributed by atoms with van der Waals surface area (Å²) in [4.78, 5) is 34.8. The van der Waals surface area contributed by atoms with Crippen molar-refractivity contribution in [3.8, 4) is 0 Å². The van der Waals surface area contributed by atoms with Gasteiger partial charge in [-0.15, -0.1) is 0 Å². The quantitative estimate of drug-likeness (QED) is 0.656. The molecule has 1 aromatic carbocycles. The van der Waals surface area contributed by atoms with E-state index in [1.165, 1.54) is 19.2 Å². The Hall–Kier alpha value is -2.63. The molecule has 0 aromatic heterocycles. The number of esters is 1. The van der Waals surface area contributed by atoms with Crippen LogP contribution in [0.5, 0.6) is 0 Å². The number of aliphatic carboxylic acids is 1. The SMILES string of the molecule is COC(=O)c1ccc(NC(=O)[C@H]2CC=CC[C@@H]2C(=O)O)cc1. The van der Waals surface area contributed by atoms with Crippen LogP contribution in [0.3, 0.4) is 0 Å². The lowest BCUT2D eigenvalue weighted by atomic mass is 9.82. The van der Waals surface area contributed by atoms with Gasteiger partial charge in [-0.2, -0.15) is 0 Å². The summed E-state index contributed by atoms with van der Waals surface area (Å²) in [7, 11) is 1.29. The largest absolute Gasteiger partial charge is 0.481 e. The van der Waals surface area contributed by atoms with Gasteiger partial charge in [0.05, 0.1) is 24.5 Å². The van der Waals surface area contributed by atoms with Crippen molar-refractivity contribution in [1.82, 2.24) is 0 Å². The maximum atomic E-state index is 12.3. The van der Waals surface area contributed by atoms with Gasteiger partial charge < -0.3 is 15.2 Å². The monoisotopic (exact) mass is 303 g/mol. The molecule has 0 saturated heterocycles. The number of allylic oxidation sites excluding steroid dienone is 2. The Balaban J connectivity index is 2.06. The van der Waals surface area contributed by atoms with Crippen molar-refractivity contribution in [3.63, 3.8) is 0 Å². The second kappa shape index (κ2) is 6.89. The zero-order chi connectivity index (χ0) is 16.1. The van der Waals surface area contributed by atoms with E-state index in [-0.39, 0.29) is 5.91 Å². The average Bonchev–Trinajstić information content (AvgIpc) is 2.54. The van der Waals surface area contributed by atoms with Gasteiger partial charge in [0, 0.05) is 5.69 Å². The summed E-state index contributed by atoms with van der Waals surface area (Å²) in [6.45, 7) is 0. The lowest BCUT2D eigenvalue weighted by Gasteiger charge is -2.24. The van der Waals surface area contributed by atoms with E-state index in [0.717, 1.165) is 0 Å². The molecule has 0 saturated carbocycles. The van der Waals surface area contributed by atoms with E-state index in [1.807, 2.05) is 6.08 Å². The number of ether oxygens (including phenoxy) is 1. The van der Waals surface area contributed by atoms with Gasteiger partial charge in [-0.3, -0.25) is 9.59 Å². The van der Waals surface area contributed by atoms with Crippen LogP contribution >= 0.6 is 0 Å². The Morgan fingerprint density at radius 3 is 2.23 bits per heavy atom. The molecule has 0 unspecified atom stereocenters. The van der Waals surface area contributed by atoms with E-state index in [2.05, 4.69) is 10.1 Å². The number of anilines is 1. The van der Waals surface area contributed by atoms with Gasteiger partial charge in [-0.1, -0.05) is 12.2 Å². The smallest absolute Gasteiger partial charge is 0.337 e. The third-order valence-electron chi connectivity index (χ3n) is 3.66. The second-order valence-corrected chi connectivity index (χ2v) is 5.05. The Morgan fingerprint density at radius 1 is 1.09 bits per heavy atom. The number of carbonyl (C=O) groups is 3. The zero-order valence-corrected chi connectivity index (χ0v) is 12.1. The van der Waals surface area contributed by atoms with E-state index in [0.29, 0.717) is 24.1 Å². The minimum atomic E-state index is -0.967. The Labute approximate surface area is 127 Å². The molecule has 1 amide bonds. The van der Waals surface area contributed by atoms with Gasteiger partial charge >= 0.3 is 11.9 Å². The summed E-state index contributed by atoms with van der Waals surface area (Å²) < 4.78 is 4.59. The summed E-state index contributed by atoms with van der Waals surface area (Å²) in [5.41, 5.74) is 0.890. The predicted molar refractivity (Wildman–Crippen MR) is 79.4 cm³/mol. The van der Waals surface area contributed by atoms with Crippen LogP contribution in [-0.2, 0) is 14.3 Å². The van der Waals surface area contributed by atoms with Crippen molar-refractivity contribution >= 4 is 23.5 Å². The van der Waals surface area contributed by atoms with Crippen molar-refractivity contribution in [3.05, 3.63) is 42.0 Å². The molecule has 116 valence electrons. The van der Waals surface area contributed by atoms with E-state index in [1.54, 1.807) is 18.2 Å². The second-order valence-electron chi connectivity index (χ2n) is 5.05. The fourth-order valence-electron chi connectivity index (χ4n) is 2.42. The number of hydrogen-bond acceptors (Lipinski definition) is 4. The molecule has 6 heteroatoms. The standard InChI is InChI=1S/C16H17NO5/c1-22-16(21)10-6-8-11(9-7-10)17-14(18)12-4-2-3-5-13(12)15(19)20/h2-3,6-9,12-13H,4-5H2,1H3,(H,17,18)(H,19,20)/t12-,13-/m0/s1. The maximum absolute atomic E-state index is 12.3. The van der Waals surface area contributed by atoms with Crippen LogP contribution < -0.4 is 5.32 Å². The van der Waals surface area contributed by atoms with Gasteiger partial charge in [0.15, 0.2) is 0 Å². The first-order valence-electron chi connectivity index (χ1n) is 6.90. The lowest BCUT2D eigenvalue weighted by molar-refractivity contribution is -0.146. The van der Waals surface area contributed by atoms with E-state index < -0.39 is 23.8 Å². The number of rotatable bonds is 4. The summed E-state index contributed by atoms with van der Waals surface area (Å²) in [6.07, 6.45) is 4.37. The number of benzene rings is 1. The topological polar surface area (TPSA) is 92.7 Å². The molecule has 1 aliphatic carbocycles. The van der Waals surface area contributed by atoms with Gasteiger partial charge in [0.25, 0.3) is 0 Å². The van der Waals surface area contributed by atoms with Crippen LogP contribution in [-0.4, -0.2) is 30.1 Å².